The molecule has 3 aromatic rings. The first-order valence-electron chi connectivity index (χ1n) is 7.24. The van der Waals surface area contributed by atoms with Crippen LogP contribution in [0.3, 0.4) is 0 Å². The Labute approximate surface area is 141 Å². The van der Waals surface area contributed by atoms with Crippen LogP contribution in [0, 0.1) is 13.8 Å². The van der Waals surface area contributed by atoms with Crippen LogP contribution in [0.1, 0.15) is 27.2 Å². The number of carbonyl (C=O) groups excluding carboxylic acids is 1. The monoisotopic (exact) mass is 327 g/mol. The Kier molecular flexibility index (Phi) is 5.35. The maximum atomic E-state index is 12.4. The first-order chi connectivity index (χ1) is 10.7. The molecule has 3 nitrogen and oxygen atoms in total. The molecule has 0 saturated carbocycles. The second-order valence-electron chi connectivity index (χ2n) is 5.28. The Hall–Kier alpha value is -2.39. The molecule has 0 bridgehead atoms. The molecule has 3 rings (SSSR count). The average molecular weight is 328 g/mol. The molecule has 0 aliphatic carbocycles. The van der Waals surface area contributed by atoms with E-state index in [1.807, 2.05) is 68.4 Å². The third-order valence-corrected chi connectivity index (χ3v) is 3.75. The SMILES string of the molecule is Cc1nc2ccccc2c(C)c1C(=O)OCc1ccccc1.Cl. The van der Waals surface area contributed by atoms with Gasteiger partial charge in [-0.3, -0.25) is 4.98 Å². The molecular weight excluding hydrogens is 310 g/mol. The van der Waals surface area contributed by atoms with E-state index in [1.54, 1.807) is 0 Å². The summed E-state index contributed by atoms with van der Waals surface area (Å²) >= 11 is 0. The van der Waals surface area contributed by atoms with Crippen LogP contribution in [0.25, 0.3) is 10.9 Å². The molecule has 0 radical (unpaired) electrons. The highest BCUT2D eigenvalue weighted by Crippen LogP contribution is 2.23. The lowest BCUT2D eigenvalue weighted by Crippen LogP contribution is -2.11. The summed E-state index contributed by atoms with van der Waals surface area (Å²) < 4.78 is 5.45. The normalized spacial score (nSPS) is 10.2. The minimum Gasteiger partial charge on any atom is -0.457 e. The second kappa shape index (κ2) is 7.25. The molecular formula is C19H18ClNO2. The molecule has 0 atom stereocenters. The molecule has 0 amide bonds. The van der Waals surface area contributed by atoms with E-state index in [-0.39, 0.29) is 25.0 Å². The van der Waals surface area contributed by atoms with Gasteiger partial charge in [0.15, 0.2) is 0 Å². The van der Waals surface area contributed by atoms with Crippen LogP contribution in [0.5, 0.6) is 0 Å². The number of benzene rings is 2. The highest BCUT2D eigenvalue weighted by atomic mass is 35.5. The molecule has 0 unspecified atom stereocenters. The van der Waals surface area contributed by atoms with Crippen molar-refractivity contribution in [2.75, 3.05) is 0 Å². The summed E-state index contributed by atoms with van der Waals surface area (Å²) in [7, 11) is 0. The van der Waals surface area contributed by atoms with Crippen molar-refractivity contribution in [3.05, 3.63) is 77.0 Å². The molecule has 4 heteroatoms. The number of nitrogens with zero attached hydrogens (tertiary/aromatic N) is 1. The van der Waals surface area contributed by atoms with Crippen molar-refractivity contribution >= 4 is 29.3 Å². The molecule has 1 aromatic heterocycles. The Morgan fingerprint density at radius 2 is 1.65 bits per heavy atom. The second-order valence-corrected chi connectivity index (χ2v) is 5.28. The summed E-state index contributed by atoms with van der Waals surface area (Å²) in [6.07, 6.45) is 0. The summed E-state index contributed by atoms with van der Waals surface area (Å²) in [5, 5.41) is 0.986. The van der Waals surface area contributed by atoms with Gasteiger partial charge in [-0.05, 0) is 31.0 Å². The highest BCUT2D eigenvalue weighted by Gasteiger charge is 2.17. The molecule has 2 aromatic carbocycles. The van der Waals surface area contributed by atoms with Crippen molar-refractivity contribution in [3.63, 3.8) is 0 Å². The quantitative estimate of drug-likeness (QED) is 0.658. The fourth-order valence-corrected chi connectivity index (χ4v) is 2.63. The molecule has 0 N–H and O–H groups in total. The number of hydrogen-bond donors (Lipinski definition) is 0. The topological polar surface area (TPSA) is 39.2 Å². The van der Waals surface area contributed by atoms with Gasteiger partial charge in [0, 0.05) is 5.39 Å². The van der Waals surface area contributed by atoms with Crippen molar-refractivity contribution in [2.24, 2.45) is 0 Å². The predicted octanol–water partition coefficient (Wildman–Crippen LogP) is 4.63. The van der Waals surface area contributed by atoms with Crippen molar-refractivity contribution in [3.8, 4) is 0 Å². The van der Waals surface area contributed by atoms with Crippen molar-refractivity contribution < 1.29 is 9.53 Å². The number of carbonyl (C=O) groups is 1. The van der Waals surface area contributed by atoms with E-state index >= 15 is 0 Å². The van der Waals surface area contributed by atoms with Gasteiger partial charge in [-0.1, -0.05) is 48.5 Å². The molecule has 118 valence electrons. The van der Waals surface area contributed by atoms with E-state index in [1.165, 1.54) is 0 Å². The number of fused-ring (bicyclic) bond motifs is 1. The van der Waals surface area contributed by atoms with Gasteiger partial charge in [-0.2, -0.15) is 0 Å². The first kappa shape index (κ1) is 17.0. The molecule has 1 heterocycles. The summed E-state index contributed by atoms with van der Waals surface area (Å²) in [5.74, 6) is -0.322. The molecule has 0 aliphatic rings. The lowest BCUT2D eigenvalue weighted by atomic mass is 10.0. The number of ether oxygens (including phenoxy) is 1. The van der Waals surface area contributed by atoms with E-state index in [2.05, 4.69) is 4.98 Å². The van der Waals surface area contributed by atoms with Crippen molar-refractivity contribution in [2.45, 2.75) is 20.5 Å². The Balaban J connectivity index is 0.00000192. The van der Waals surface area contributed by atoms with Crippen molar-refractivity contribution in [1.29, 1.82) is 0 Å². The number of aryl methyl sites for hydroxylation is 2. The van der Waals surface area contributed by atoms with Crippen LogP contribution in [-0.4, -0.2) is 11.0 Å². The van der Waals surface area contributed by atoms with Crippen LogP contribution < -0.4 is 0 Å². The molecule has 0 fully saturated rings. The highest BCUT2D eigenvalue weighted by molar-refractivity contribution is 5.98. The summed E-state index contributed by atoms with van der Waals surface area (Å²) in [4.78, 5) is 17.0. The summed E-state index contributed by atoms with van der Waals surface area (Å²) in [6, 6.07) is 17.5. The van der Waals surface area contributed by atoms with Gasteiger partial charge >= 0.3 is 5.97 Å². The number of hydrogen-bond acceptors (Lipinski definition) is 3. The first-order valence-corrected chi connectivity index (χ1v) is 7.24. The lowest BCUT2D eigenvalue weighted by molar-refractivity contribution is 0.0470. The largest absolute Gasteiger partial charge is 0.457 e. The van der Waals surface area contributed by atoms with Gasteiger partial charge < -0.3 is 4.74 Å². The fraction of sp³-hybridized carbons (Fsp3) is 0.158. The summed E-state index contributed by atoms with van der Waals surface area (Å²) in [6.45, 7) is 4.06. The minimum absolute atomic E-state index is 0. The minimum atomic E-state index is -0.322. The zero-order valence-electron chi connectivity index (χ0n) is 13.1. The fourth-order valence-electron chi connectivity index (χ4n) is 2.63. The van der Waals surface area contributed by atoms with Gasteiger partial charge in [0.05, 0.1) is 16.8 Å². The molecule has 0 saturated heterocycles. The van der Waals surface area contributed by atoms with Crippen LogP contribution >= 0.6 is 12.4 Å². The maximum Gasteiger partial charge on any atom is 0.340 e. The standard InChI is InChI=1S/C19H17NO2.ClH/c1-13-16-10-6-7-11-17(16)20-14(2)18(13)19(21)22-12-15-8-4-3-5-9-15;/h3-11H,12H2,1-2H3;1H. The summed E-state index contributed by atoms with van der Waals surface area (Å²) in [5.41, 5.74) is 4.06. The van der Waals surface area contributed by atoms with E-state index in [0.29, 0.717) is 11.3 Å². The molecule has 23 heavy (non-hydrogen) atoms. The number of esters is 1. The Morgan fingerprint density at radius 3 is 2.39 bits per heavy atom. The van der Waals surface area contributed by atoms with Gasteiger partial charge in [-0.15, -0.1) is 12.4 Å². The third kappa shape index (κ3) is 3.51. The van der Waals surface area contributed by atoms with E-state index < -0.39 is 0 Å². The Morgan fingerprint density at radius 1 is 1.00 bits per heavy atom. The maximum absolute atomic E-state index is 12.4. The number of pyridine rings is 1. The van der Waals surface area contributed by atoms with Gasteiger partial charge in [0.2, 0.25) is 0 Å². The lowest BCUT2D eigenvalue weighted by Gasteiger charge is -2.12. The van der Waals surface area contributed by atoms with Gasteiger partial charge in [0.25, 0.3) is 0 Å². The van der Waals surface area contributed by atoms with Crippen LogP contribution in [0.2, 0.25) is 0 Å². The van der Waals surface area contributed by atoms with Crippen molar-refractivity contribution in [1.82, 2.24) is 4.98 Å². The van der Waals surface area contributed by atoms with E-state index in [0.717, 1.165) is 22.0 Å². The van der Waals surface area contributed by atoms with E-state index in [4.69, 9.17) is 4.74 Å². The molecule has 0 aliphatic heterocycles. The average Bonchev–Trinajstić information content (AvgIpc) is 2.54. The van der Waals surface area contributed by atoms with Gasteiger partial charge in [-0.25, -0.2) is 4.79 Å². The van der Waals surface area contributed by atoms with Crippen LogP contribution in [0.4, 0.5) is 0 Å². The third-order valence-electron chi connectivity index (χ3n) is 3.75. The van der Waals surface area contributed by atoms with E-state index in [9.17, 15) is 4.79 Å². The van der Waals surface area contributed by atoms with Crippen LogP contribution in [0.15, 0.2) is 54.6 Å². The van der Waals surface area contributed by atoms with Gasteiger partial charge in [0.1, 0.15) is 6.61 Å². The number of aromatic nitrogens is 1. The number of halogens is 1. The smallest absolute Gasteiger partial charge is 0.340 e. The zero-order valence-corrected chi connectivity index (χ0v) is 13.9. The van der Waals surface area contributed by atoms with Crippen LogP contribution in [-0.2, 0) is 11.3 Å². The molecule has 0 spiro atoms. The number of rotatable bonds is 3. The zero-order chi connectivity index (χ0) is 15.5. The Bertz CT molecular complexity index is 831. The predicted molar refractivity (Wildman–Crippen MR) is 94.0 cm³/mol. The number of para-hydroxylation sites is 1.